The summed E-state index contributed by atoms with van der Waals surface area (Å²) in [4.78, 5) is 0. The molecule has 0 heterocycles. The molecule has 1 radical (unpaired) electrons. The van der Waals surface area contributed by atoms with Gasteiger partial charge in [0.25, 0.3) is 0 Å². The zero-order valence-corrected chi connectivity index (χ0v) is 4.94. The quantitative estimate of drug-likeness (QED) is 0.499. The fourth-order valence-electron chi connectivity index (χ4n) is 0.576. The van der Waals surface area contributed by atoms with Crippen LogP contribution in [-0.4, -0.2) is 18.9 Å². The molecule has 0 atom stereocenters. The van der Waals surface area contributed by atoms with Crippen LogP contribution < -0.4 is 0 Å². The normalized spacial score (nSPS) is 10.5. The summed E-state index contributed by atoms with van der Waals surface area (Å²) in [7, 11) is 0. The van der Waals surface area contributed by atoms with E-state index in [9.17, 15) is 13.2 Å². The van der Waals surface area contributed by atoms with Crippen LogP contribution >= 0.6 is 0 Å². The number of hydrogen-bond acceptors (Lipinski definition) is 0. The molecule has 0 aromatic heterocycles. The Morgan fingerprint density at radius 3 is 1.82 bits per heavy atom. The molecule has 0 spiro atoms. The van der Waals surface area contributed by atoms with Crippen molar-refractivity contribution in [3.05, 3.63) is 35.9 Å². The van der Waals surface area contributed by atoms with E-state index < -0.39 is 11.7 Å². The van der Waals surface area contributed by atoms with Crippen LogP contribution in [0, 0.1) is 6.07 Å². The van der Waals surface area contributed by atoms with Gasteiger partial charge >= 0.3 is 25.0 Å². The fraction of sp³-hybridized carbons (Fsp3) is 0.143. The van der Waals surface area contributed by atoms with Gasteiger partial charge in [-0.2, -0.15) is 13.2 Å². The summed E-state index contributed by atoms with van der Waals surface area (Å²) in [5, 5.41) is 0. The predicted octanol–water partition coefficient (Wildman–Crippen LogP) is 1.86. The SMILES string of the molecule is FC(F)(F)c1cc[c]cc1.[LiH]. The summed E-state index contributed by atoms with van der Waals surface area (Å²) in [6, 6.07) is 6.95. The van der Waals surface area contributed by atoms with E-state index in [1.54, 1.807) is 0 Å². The van der Waals surface area contributed by atoms with Gasteiger partial charge in [0.15, 0.2) is 0 Å². The number of hydrogen-bond donors (Lipinski definition) is 0. The average molecular weight is 153 g/mol. The summed E-state index contributed by atoms with van der Waals surface area (Å²) in [5.74, 6) is 0. The first-order valence-electron chi connectivity index (χ1n) is 2.64. The molecule has 0 fully saturated rings. The van der Waals surface area contributed by atoms with Crippen molar-refractivity contribution in [2.75, 3.05) is 0 Å². The fourth-order valence-corrected chi connectivity index (χ4v) is 0.576. The molecule has 11 heavy (non-hydrogen) atoms. The van der Waals surface area contributed by atoms with E-state index in [0.29, 0.717) is 0 Å². The Morgan fingerprint density at radius 1 is 1.09 bits per heavy atom. The van der Waals surface area contributed by atoms with Gasteiger partial charge in [0.1, 0.15) is 0 Å². The summed E-state index contributed by atoms with van der Waals surface area (Å²) in [6.07, 6.45) is -4.23. The van der Waals surface area contributed by atoms with Crippen LogP contribution in [-0.2, 0) is 6.18 Å². The first-order chi connectivity index (χ1) is 4.61. The average Bonchev–Trinajstić information content (AvgIpc) is 1.88. The van der Waals surface area contributed by atoms with E-state index >= 15 is 0 Å². The van der Waals surface area contributed by atoms with Gasteiger partial charge in [0, 0.05) is 0 Å². The van der Waals surface area contributed by atoms with Crippen LogP contribution in [0.5, 0.6) is 0 Å². The topological polar surface area (TPSA) is 0 Å². The van der Waals surface area contributed by atoms with Crippen LogP contribution in [0.15, 0.2) is 24.3 Å². The monoisotopic (exact) mass is 153 g/mol. The summed E-state index contributed by atoms with van der Waals surface area (Å²) < 4.78 is 35.3. The summed E-state index contributed by atoms with van der Waals surface area (Å²) >= 11 is 0. The van der Waals surface area contributed by atoms with E-state index in [1.807, 2.05) is 0 Å². The molecule has 55 valence electrons. The second-order valence-electron chi connectivity index (χ2n) is 1.79. The van der Waals surface area contributed by atoms with E-state index in [4.69, 9.17) is 0 Å². The molecule has 0 nitrogen and oxygen atoms in total. The van der Waals surface area contributed by atoms with Crippen LogP contribution in [0.3, 0.4) is 0 Å². The van der Waals surface area contributed by atoms with E-state index in [0.717, 1.165) is 12.1 Å². The van der Waals surface area contributed by atoms with Crippen LogP contribution in [0.2, 0.25) is 0 Å². The molecule has 4 heteroatoms. The second-order valence-corrected chi connectivity index (χ2v) is 1.79. The van der Waals surface area contributed by atoms with Crippen molar-refractivity contribution in [1.82, 2.24) is 0 Å². The zero-order chi connectivity index (χ0) is 7.61. The second kappa shape index (κ2) is 3.84. The van der Waals surface area contributed by atoms with Gasteiger partial charge in [-0.3, -0.25) is 0 Å². The first kappa shape index (κ1) is 10.6. The van der Waals surface area contributed by atoms with Crippen molar-refractivity contribution in [2.45, 2.75) is 6.18 Å². The van der Waals surface area contributed by atoms with Gasteiger partial charge in [0.05, 0.1) is 5.56 Å². The van der Waals surface area contributed by atoms with Gasteiger partial charge < -0.3 is 0 Å². The van der Waals surface area contributed by atoms with E-state index in [-0.39, 0.29) is 18.9 Å². The van der Waals surface area contributed by atoms with Crippen molar-refractivity contribution < 1.29 is 13.2 Å². The third kappa shape index (κ3) is 3.00. The molecule has 0 saturated carbocycles. The first-order valence-corrected chi connectivity index (χ1v) is 2.64. The Hall–Kier alpha value is -0.393. The molecule has 0 amide bonds. The molecule has 1 aromatic carbocycles. The van der Waals surface area contributed by atoms with Crippen LogP contribution in [0.4, 0.5) is 13.2 Å². The molecule has 0 unspecified atom stereocenters. The maximum absolute atomic E-state index is 11.8. The Morgan fingerprint density at radius 2 is 1.55 bits per heavy atom. The van der Waals surface area contributed by atoms with Crippen LogP contribution in [0.1, 0.15) is 5.56 Å². The Bertz CT molecular complexity index is 205. The van der Waals surface area contributed by atoms with E-state index in [2.05, 4.69) is 6.07 Å². The van der Waals surface area contributed by atoms with Gasteiger partial charge in [-0.05, 0) is 18.2 Å². The van der Waals surface area contributed by atoms with Gasteiger partial charge in [-0.1, -0.05) is 12.1 Å². The molecule has 0 saturated heterocycles. The van der Waals surface area contributed by atoms with Gasteiger partial charge in [-0.25, -0.2) is 0 Å². The molecule has 0 aliphatic rings. The van der Waals surface area contributed by atoms with Crippen molar-refractivity contribution >= 4 is 18.9 Å². The minimum absolute atomic E-state index is 0. The van der Waals surface area contributed by atoms with Crippen molar-refractivity contribution in [1.29, 1.82) is 0 Å². The molecule has 0 bridgehead atoms. The van der Waals surface area contributed by atoms with Gasteiger partial charge in [-0.15, -0.1) is 0 Å². The molecule has 1 aromatic rings. The van der Waals surface area contributed by atoms with E-state index in [1.165, 1.54) is 12.1 Å². The maximum atomic E-state index is 11.8. The third-order valence-corrected chi connectivity index (χ3v) is 1.05. The van der Waals surface area contributed by atoms with Crippen molar-refractivity contribution in [3.63, 3.8) is 0 Å². The summed E-state index contributed by atoms with van der Waals surface area (Å²) in [6.45, 7) is 0. The van der Waals surface area contributed by atoms with Crippen LogP contribution in [0.25, 0.3) is 0 Å². The Balaban J connectivity index is 0.000001000. The number of alkyl halides is 3. The Kier molecular flexibility index (Phi) is 3.71. The van der Waals surface area contributed by atoms with Gasteiger partial charge in [0.2, 0.25) is 0 Å². The minimum atomic E-state index is -4.23. The number of benzene rings is 1. The molecule has 0 aliphatic carbocycles. The standard InChI is InChI=1S/C7H4F3.Li.H/c8-7(9,10)6-4-2-1-3-5-6;;/h2-5H;;. The number of halogens is 3. The molecule has 0 aliphatic heterocycles. The third-order valence-electron chi connectivity index (χ3n) is 1.05. The van der Waals surface area contributed by atoms with Crippen molar-refractivity contribution in [3.8, 4) is 0 Å². The van der Waals surface area contributed by atoms with Crippen molar-refractivity contribution in [2.24, 2.45) is 0 Å². The predicted molar refractivity (Wildman–Crippen MR) is 37.4 cm³/mol. The number of rotatable bonds is 0. The Labute approximate surface area is 74.6 Å². The zero-order valence-electron chi connectivity index (χ0n) is 4.94. The summed E-state index contributed by atoms with van der Waals surface area (Å²) in [5.41, 5.74) is -0.633. The molecular weight excluding hydrogens is 148 g/mol. The molecular formula is C7H5F3Li. The molecule has 1 rings (SSSR count). The molecule has 0 N–H and O–H groups in total.